The highest BCUT2D eigenvalue weighted by Crippen LogP contribution is 2.37. The molecule has 0 unspecified atom stereocenters. The van der Waals surface area contributed by atoms with Crippen LogP contribution in [0.2, 0.25) is 0 Å². The Morgan fingerprint density at radius 3 is 2.24 bits per heavy atom. The van der Waals surface area contributed by atoms with Crippen LogP contribution in [0.4, 0.5) is 0 Å². The second-order valence-corrected chi connectivity index (χ2v) is 8.64. The number of rotatable bonds is 4. The summed E-state index contributed by atoms with van der Waals surface area (Å²) in [6.07, 6.45) is -0.773. The molecular formula is C16H31NO4. The number of fused-ring (bicyclic) bond motifs is 1. The molecule has 0 aromatic carbocycles. The Labute approximate surface area is 128 Å². The predicted molar refractivity (Wildman–Crippen MR) is 80.9 cm³/mol. The van der Waals surface area contributed by atoms with E-state index >= 15 is 0 Å². The minimum atomic E-state index is -0.680. The number of ether oxygens (including phenoxy) is 3. The number of aliphatic hydroxyl groups excluding tert-OH is 1. The van der Waals surface area contributed by atoms with E-state index in [1.54, 1.807) is 0 Å². The van der Waals surface area contributed by atoms with E-state index < -0.39 is 24.3 Å². The van der Waals surface area contributed by atoms with Crippen molar-refractivity contribution in [3.05, 3.63) is 0 Å². The molecule has 2 fully saturated rings. The molecule has 0 radical (unpaired) electrons. The molecule has 0 aromatic rings. The number of aliphatic hydroxyl groups is 1. The van der Waals surface area contributed by atoms with Crippen LogP contribution in [-0.4, -0.2) is 47.6 Å². The predicted octanol–water partition coefficient (Wildman–Crippen LogP) is 2.03. The van der Waals surface area contributed by atoms with Crippen LogP contribution >= 0.6 is 0 Å². The van der Waals surface area contributed by atoms with Crippen LogP contribution in [0.15, 0.2) is 0 Å². The molecule has 124 valence electrons. The Kier molecular flexibility index (Phi) is 4.46. The normalized spacial score (nSPS) is 36.0. The average molecular weight is 301 g/mol. The summed E-state index contributed by atoms with van der Waals surface area (Å²) in [5.41, 5.74) is 0.235. The highest BCUT2D eigenvalue weighted by atomic mass is 16.8. The van der Waals surface area contributed by atoms with Gasteiger partial charge in [-0.25, -0.2) is 0 Å². The van der Waals surface area contributed by atoms with E-state index in [1.165, 1.54) is 0 Å². The quantitative estimate of drug-likeness (QED) is 0.832. The fraction of sp³-hybridized carbons (Fsp3) is 1.00. The number of nitrogens with one attached hydrogen (secondary N) is 1. The van der Waals surface area contributed by atoms with Gasteiger partial charge < -0.3 is 24.6 Å². The molecule has 2 heterocycles. The van der Waals surface area contributed by atoms with Crippen molar-refractivity contribution >= 4 is 0 Å². The van der Waals surface area contributed by atoms with Gasteiger partial charge in [-0.1, -0.05) is 20.8 Å². The van der Waals surface area contributed by atoms with Crippen LogP contribution < -0.4 is 5.32 Å². The van der Waals surface area contributed by atoms with Gasteiger partial charge in [-0.2, -0.15) is 0 Å². The Morgan fingerprint density at radius 2 is 1.71 bits per heavy atom. The average Bonchev–Trinajstić information content (AvgIpc) is 2.67. The maximum absolute atomic E-state index is 10.4. The maximum Gasteiger partial charge on any atom is 0.190 e. The van der Waals surface area contributed by atoms with Crippen LogP contribution in [0, 0.1) is 5.41 Å². The topological polar surface area (TPSA) is 60.0 Å². The molecule has 21 heavy (non-hydrogen) atoms. The third-order valence-electron chi connectivity index (χ3n) is 3.87. The highest BCUT2D eigenvalue weighted by Gasteiger charge is 2.54. The van der Waals surface area contributed by atoms with Crippen LogP contribution in [0.1, 0.15) is 54.9 Å². The van der Waals surface area contributed by atoms with Crippen molar-refractivity contribution in [2.45, 2.75) is 90.8 Å². The van der Waals surface area contributed by atoms with Crippen molar-refractivity contribution < 1.29 is 19.3 Å². The molecule has 4 atom stereocenters. The molecule has 0 amide bonds. The van der Waals surface area contributed by atoms with Gasteiger partial charge in [0.15, 0.2) is 12.1 Å². The lowest BCUT2D eigenvalue weighted by molar-refractivity contribution is -0.214. The largest absolute Gasteiger partial charge is 0.387 e. The van der Waals surface area contributed by atoms with Crippen molar-refractivity contribution in [3.63, 3.8) is 0 Å². The van der Waals surface area contributed by atoms with E-state index in [2.05, 4.69) is 39.9 Å². The van der Waals surface area contributed by atoms with Gasteiger partial charge in [0, 0.05) is 12.1 Å². The first-order chi connectivity index (χ1) is 9.39. The van der Waals surface area contributed by atoms with Crippen molar-refractivity contribution in [1.82, 2.24) is 5.32 Å². The standard InChI is InChI=1S/C16H31NO4/c1-14(2,3)9-15(4,5)17-8-10-11(18)12-13(19-10)21-16(6,7)20-12/h10-13,17-18H,8-9H2,1-7H3/t10-,11+,12-,13-/m1/s1. The minimum absolute atomic E-state index is 0.0139. The van der Waals surface area contributed by atoms with E-state index in [4.69, 9.17) is 14.2 Å². The second kappa shape index (κ2) is 5.46. The highest BCUT2D eigenvalue weighted by molar-refractivity contribution is 4.95. The van der Waals surface area contributed by atoms with Crippen molar-refractivity contribution in [2.75, 3.05) is 6.54 Å². The van der Waals surface area contributed by atoms with E-state index in [0.29, 0.717) is 6.54 Å². The van der Waals surface area contributed by atoms with Gasteiger partial charge in [0.2, 0.25) is 0 Å². The molecule has 2 rings (SSSR count). The molecule has 0 saturated carbocycles. The maximum atomic E-state index is 10.4. The van der Waals surface area contributed by atoms with E-state index in [0.717, 1.165) is 6.42 Å². The summed E-state index contributed by atoms with van der Waals surface area (Å²) in [7, 11) is 0. The first-order valence-electron chi connectivity index (χ1n) is 7.83. The molecule has 2 saturated heterocycles. The van der Waals surface area contributed by atoms with Gasteiger partial charge in [0.1, 0.15) is 18.3 Å². The van der Waals surface area contributed by atoms with Gasteiger partial charge >= 0.3 is 0 Å². The molecule has 2 N–H and O–H groups in total. The molecule has 0 bridgehead atoms. The first kappa shape index (κ1) is 17.2. The van der Waals surface area contributed by atoms with Gasteiger partial charge in [0.25, 0.3) is 0 Å². The minimum Gasteiger partial charge on any atom is -0.387 e. The van der Waals surface area contributed by atoms with Crippen LogP contribution in [0.5, 0.6) is 0 Å². The number of hydrogen-bond acceptors (Lipinski definition) is 5. The lowest BCUT2D eigenvalue weighted by atomic mass is 9.81. The Bertz CT molecular complexity index is 375. The van der Waals surface area contributed by atoms with Crippen molar-refractivity contribution in [3.8, 4) is 0 Å². The first-order valence-corrected chi connectivity index (χ1v) is 7.83. The number of hydrogen-bond donors (Lipinski definition) is 2. The van der Waals surface area contributed by atoms with Gasteiger partial charge in [0.05, 0.1) is 0 Å². The van der Waals surface area contributed by atoms with Gasteiger partial charge in [-0.3, -0.25) is 0 Å². The Morgan fingerprint density at radius 1 is 1.10 bits per heavy atom. The van der Waals surface area contributed by atoms with Crippen LogP contribution in [0.25, 0.3) is 0 Å². The molecule has 0 aromatic heterocycles. The summed E-state index contributed by atoms with van der Waals surface area (Å²) < 4.78 is 17.2. The summed E-state index contributed by atoms with van der Waals surface area (Å²) in [4.78, 5) is 0. The molecule has 0 spiro atoms. The zero-order chi connectivity index (χ0) is 16.1. The van der Waals surface area contributed by atoms with Crippen molar-refractivity contribution in [1.29, 1.82) is 0 Å². The summed E-state index contributed by atoms with van der Waals surface area (Å²) in [6.45, 7) is 15.3. The van der Waals surface area contributed by atoms with E-state index in [9.17, 15) is 5.11 Å². The van der Waals surface area contributed by atoms with Crippen LogP contribution in [-0.2, 0) is 14.2 Å². The summed E-state index contributed by atoms with van der Waals surface area (Å²) in [5, 5.41) is 13.9. The zero-order valence-electron chi connectivity index (χ0n) is 14.4. The molecular weight excluding hydrogens is 270 g/mol. The molecule has 5 nitrogen and oxygen atoms in total. The smallest absolute Gasteiger partial charge is 0.190 e. The second-order valence-electron chi connectivity index (χ2n) is 8.64. The summed E-state index contributed by atoms with van der Waals surface area (Å²) >= 11 is 0. The van der Waals surface area contributed by atoms with Gasteiger partial charge in [-0.05, 0) is 39.5 Å². The van der Waals surface area contributed by atoms with E-state index in [1.807, 2.05) is 13.8 Å². The molecule has 2 aliphatic rings. The monoisotopic (exact) mass is 301 g/mol. The molecule has 0 aliphatic carbocycles. The SMILES string of the molecule is CC(C)(C)CC(C)(C)NC[C@H]1O[C@@H]2OC(C)(C)O[C@@H]2[C@H]1O. The zero-order valence-corrected chi connectivity index (χ0v) is 14.4. The lowest BCUT2D eigenvalue weighted by Gasteiger charge is -2.35. The van der Waals surface area contributed by atoms with Crippen LogP contribution in [0.3, 0.4) is 0 Å². The summed E-state index contributed by atoms with van der Waals surface area (Å²) in [6, 6.07) is 0. The fourth-order valence-electron chi connectivity index (χ4n) is 3.49. The molecule has 5 heteroatoms. The third-order valence-corrected chi connectivity index (χ3v) is 3.87. The molecule has 2 aliphatic heterocycles. The Hall–Kier alpha value is -0.200. The Balaban J connectivity index is 1.86. The van der Waals surface area contributed by atoms with E-state index in [-0.39, 0.29) is 17.1 Å². The third kappa shape index (κ3) is 4.39. The fourth-order valence-corrected chi connectivity index (χ4v) is 3.49. The summed E-state index contributed by atoms with van der Waals surface area (Å²) in [5.74, 6) is -0.680. The van der Waals surface area contributed by atoms with Gasteiger partial charge in [-0.15, -0.1) is 0 Å². The lowest BCUT2D eigenvalue weighted by Crippen LogP contribution is -2.48. The van der Waals surface area contributed by atoms with Crippen molar-refractivity contribution in [2.24, 2.45) is 5.41 Å².